The lowest BCUT2D eigenvalue weighted by Crippen LogP contribution is -2.36. The molecule has 1 rings (SSSR count). The summed E-state index contributed by atoms with van der Waals surface area (Å²) in [5.74, 6) is 0.709. The molecular formula is C13H20F2IN3O2. The molecule has 21 heavy (non-hydrogen) atoms. The summed E-state index contributed by atoms with van der Waals surface area (Å²) >= 11 is 0. The third-order valence-electron chi connectivity index (χ3n) is 2.35. The average molecular weight is 415 g/mol. The topological polar surface area (TPSA) is 68.9 Å². The van der Waals surface area contributed by atoms with Crippen molar-refractivity contribution in [1.29, 1.82) is 0 Å². The highest BCUT2D eigenvalue weighted by molar-refractivity contribution is 14.0. The maximum atomic E-state index is 12.4. The van der Waals surface area contributed by atoms with Gasteiger partial charge in [0.1, 0.15) is 11.5 Å². The molecule has 0 saturated carbocycles. The quantitative estimate of drug-likeness (QED) is 0.426. The zero-order chi connectivity index (χ0) is 15.1. The minimum Gasteiger partial charge on any atom is -0.497 e. The van der Waals surface area contributed by atoms with Gasteiger partial charge in [0.15, 0.2) is 5.96 Å². The van der Waals surface area contributed by atoms with Gasteiger partial charge in [-0.2, -0.15) is 8.78 Å². The van der Waals surface area contributed by atoms with E-state index in [1.165, 1.54) is 13.2 Å². The van der Waals surface area contributed by atoms with Gasteiger partial charge in [-0.05, 0) is 26.0 Å². The third-order valence-corrected chi connectivity index (χ3v) is 2.35. The lowest BCUT2D eigenvalue weighted by Gasteiger charge is -2.12. The van der Waals surface area contributed by atoms with E-state index < -0.39 is 6.61 Å². The molecule has 5 nitrogen and oxygen atoms in total. The second-order valence-corrected chi connectivity index (χ2v) is 4.35. The lowest BCUT2D eigenvalue weighted by atomic mass is 10.2. The fourth-order valence-electron chi connectivity index (χ4n) is 1.51. The van der Waals surface area contributed by atoms with E-state index in [1.54, 1.807) is 12.1 Å². The van der Waals surface area contributed by atoms with Gasteiger partial charge < -0.3 is 20.5 Å². The molecule has 0 spiro atoms. The minimum absolute atomic E-state index is 0. The molecule has 0 amide bonds. The number of methoxy groups -OCH3 is 1. The molecule has 0 radical (unpaired) electrons. The van der Waals surface area contributed by atoms with Crippen molar-refractivity contribution in [3.8, 4) is 11.5 Å². The van der Waals surface area contributed by atoms with Crippen molar-refractivity contribution in [3.05, 3.63) is 23.8 Å². The van der Waals surface area contributed by atoms with Crippen LogP contribution in [-0.2, 0) is 6.54 Å². The van der Waals surface area contributed by atoms with E-state index in [1.807, 2.05) is 13.8 Å². The Morgan fingerprint density at radius 2 is 2.05 bits per heavy atom. The van der Waals surface area contributed by atoms with Crippen LogP contribution in [0.25, 0.3) is 0 Å². The van der Waals surface area contributed by atoms with E-state index in [9.17, 15) is 8.78 Å². The number of aliphatic imine (C=N–C) groups is 1. The van der Waals surface area contributed by atoms with Gasteiger partial charge in [0, 0.05) is 17.7 Å². The number of nitrogens with one attached hydrogen (secondary N) is 1. The Labute approximate surface area is 139 Å². The molecule has 0 aliphatic rings. The van der Waals surface area contributed by atoms with Gasteiger partial charge >= 0.3 is 6.61 Å². The van der Waals surface area contributed by atoms with Gasteiger partial charge in [-0.1, -0.05) is 0 Å². The van der Waals surface area contributed by atoms with Crippen LogP contribution in [0.15, 0.2) is 23.2 Å². The minimum atomic E-state index is -2.91. The molecule has 0 aromatic heterocycles. The maximum absolute atomic E-state index is 12.4. The van der Waals surface area contributed by atoms with Crippen LogP contribution in [0, 0.1) is 0 Å². The van der Waals surface area contributed by atoms with Crippen LogP contribution in [0.4, 0.5) is 8.78 Å². The molecule has 1 aromatic rings. The summed E-state index contributed by atoms with van der Waals surface area (Å²) in [6.45, 7) is 1.07. The van der Waals surface area contributed by atoms with Gasteiger partial charge in [-0.3, -0.25) is 0 Å². The maximum Gasteiger partial charge on any atom is 0.387 e. The number of nitrogens with zero attached hydrogens (tertiary/aromatic N) is 1. The molecule has 3 N–H and O–H groups in total. The number of rotatable bonds is 6. The predicted octanol–water partition coefficient (Wildman–Crippen LogP) is 2.73. The molecule has 0 aliphatic heterocycles. The third kappa shape index (κ3) is 7.30. The van der Waals surface area contributed by atoms with Gasteiger partial charge in [-0.25, -0.2) is 4.99 Å². The number of halogens is 3. The largest absolute Gasteiger partial charge is 0.497 e. The molecule has 0 atom stereocenters. The van der Waals surface area contributed by atoms with Crippen LogP contribution < -0.4 is 20.5 Å². The molecule has 0 unspecified atom stereocenters. The van der Waals surface area contributed by atoms with Crippen molar-refractivity contribution in [3.63, 3.8) is 0 Å². The number of hydrogen-bond donors (Lipinski definition) is 2. The van der Waals surface area contributed by atoms with Crippen molar-refractivity contribution in [2.45, 2.75) is 33.0 Å². The average Bonchev–Trinajstić information content (AvgIpc) is 2.35. The zero-order valence-corrected chi connectivity index (χ0v) is 14.4. The normalized spacial score (nSPS) is 11.3. The summed E-state index contributed by atoms with van der Waals surface area (Å²) in [5, 5.41) is 2.91. The summed E-state index contributed by atoms with van der Waals surface area (Å²) in [5.41, 5.74) is 6.15. The molecule has 0 heterocycles. The molecule has 8 heteroatoms. The van der Waals surface area contributed by atoms with Crippen molar-refractivity contribution < 1.29 is 18.3 Å². The summed E-state index contributed by atoms with van der Waals surface area (Å²) in [7, 11) is 1.45. The number of guanidine groups is 1. The lowest BCUT2D eigenvalue weighted by molar-refractivity contribution is -0.0505. The molecular weight excluding hydrogens is 395 g/mol. The van der Waals surface area contributed by atoms with Crippen LogP contribution in [-0.4, -0.2) is 25.7 Å². The van der Waals surface area contributed by atoms with E-state index in [0.717, 1.165) is 0 Å². The Bertz CT molecular complexity index is 471. The predicted molar refractivity (Wildman–Crippen MR) is 88.6 cm³/mol. The standard InChI is InChI=1S/C13H19F2N3O2.HI/c1-8(2)18-13(16)17-7-9-4-5-10(19-3)6-11(9)20-12(14)15;/h4-6,8,12H,7H2,1-3H3,(H3,16,17,18);1H. The molecule has 1 aromatic carbocycles. The highest BCUT2D eigenvalue weighted by Gasteiger charge is 2.11. The number of nitrogens with two attached hydrogens (primary N) is 1. The zero-order valence-electron chi connectivity index (χ0n) is 12.1. The first-order valence-corrected chi connectivity index (χ1v) is 6.10. The van der Waals surface area contributed by atoms with Crippen LogP contribution in [0.2, 0.25) is 0 Å². The Balaban J connectivity index is 0.00000400. The van der Waals surface area contributed by atoms with Gasteiger partial charge in [-0.15, -0.1) is 24.0 Å². The summed E-state index contributed by atoms with van der Waals surface area (Å²) < 4.78 is 34.2. The van der Waals surface area contributed by atoms with Gasteiger partial charge in [0.05, 0.1) is 13.7 Å². The monoisotopic (exact) mass is 415 g/mol. The summed E-state index contributed by atoms with van der Waals surface area (Å²) in [6, 6.07) is 4.80. The van der Waals surface area contributed by atoms with Crippen LogP contribution >= 0.6 is 24.0 Å². The van der Waals surface area contributed by atoms with E-state index in [2.05, 4.69) is 15.0 Å². The van der Waals surface area contributed by atoms with Crippen molar-refractivity contribution in [2.24, 2.45) is 10.7 Å². The fraction of sp³-hybridized carbons (Fsp3) is 0.462. The smallest absolute Gasteiger partial charge is 0.387 e. The Hall–Kier alpha value is -1.32. The molecule has 0 aliphatic carbocycles. The van der Waals surface area contributed by atoms with Crippen molar-refractivity contribution in [2.75, 3.05) is 7.11 Å². The fourth-order valence-corrected chi connectivity index (χ4v) is 1.51. The van der Waals surface area contributed by atoms with Crippen LogP contribution in [0.3, 0.4) is 0 Å². The van der Waals surface area contributed by atoms with Crippen LogP contribution in [0.1, 0.15) is 19.4 Å². The number of alkyl halides is 2. The first-order valence-electron chi connectivity index (χ1n) is 6.10. The SMILES string of the molecule is COc1ccc(CN=C(N)NC(C)C)c(OC(F)F)c1.I. The van der Waals surface area contributed by atoms with Crippen molar-refractivity contribution in [1.82, 2.24) is 5.32 Å². The Morgan fingerprint density at radius 3 is 2.57 bits per heavy atom. The highest BCUT2D eigenvalue weighted by Crippen LogP contribution is 2.26. The number of ether oxygens (including phenoxy) is 2. The second-order valence-electron chi connectivity index (χ2n) is 4.35. The second kappa shape index (κ2) is 9.59. The Morgan fingerprint density at radius 1 is 1.38 bits per heavy atom. The Kier molecular flexibility index (Phi) is 8.98. The van der Waals surface area contributed by atoms with Crippen molar-refractivity contribution >= 4 is 29.9 Å². The highest BCUT2D eigenvalue weighted by atomic mass is 127. The summed E-state index contributed by atoms with van der Waals surface area (Å²) in [4.78, 5) is 4.08. The van der Waals surface area contributed by atoms with E-state index in [4.69, 9.17) is 10.5 Å². The molecule has 0 bridgehead atoms. The molecule has 120 valence electrons. The number of benzene rings is 1. The molecule has 0 fully saturated rings. The van der Waals surface area contributed by atoms with E-state index in [-0.39, 0.29) is 48.3 Å². The summed E-state index contributed by atoms with van der Waals surface area (Å²) in [6.07, 6.45) is 0. The number of hydrogen-bond acceptors (Lipinski definition) is 3. The molecule has 0 saturated heterocycles. The van der Waals surface area contributed by atoms with E-state index >= 15 is 0 Å². The first-order chi connectivity index (χ1) is 9.42. The first kappa shape index (κ1) is 19.7. The van der Waals surface area contributed by atoms with Gasteiger partial charge in [0.2, 0.25) is 0 Å². The van der Waals surface area contributed by atoms with E-state index in [0.29, 0.717) is 11.3 Å². The van der Waals surface area contributed by atoms with Crippen LogP contribution in [0.5, 0.6) is 11.5 Å². The van der Waals surface area contributed by atoms with Gasteiger partial charge in [0.25, 0.3) is 0 Å².